The molecule has 0 bridgehead atoms. The number of benzene rings is 1. The molecule has 1 aromatic heterocycles. The monoisotopic (exact) mass is 547 g/mol. The average Bonchev–Trinajstić information content (AvgIpc) is 3.62. The third kappa shape index (κ3) is 5.43. The Labute approximate surface area is 240 Å². The minimum absolute atomic E-state index is 0.0605. The quantitative estimate of drug-likeness (QED) is 0.407. The zero-order valence-corrected chi connectivity index (χ0v) is 25.8. The van der Waals surface area contributed by atoms with Crippen molar-refractivity contribution < 1.29 is 14.3 Å². The minimum atomic E-state index is -0.690. The van der Waals surface area contributed by atoms with Crippen LogP contribution < -0.4 is 15.4 Å². The molecule has 40 heavy (non-hydrogen) atoms. The van der Waals surface area contributed by atoms with Gasteiger partial charge in [0, 0.05) is 48.1 Å². The van der Waals surface area contributed by atoms with Crippen molar-refractivity contribution >= 4 is 11.8 Å². The Morgan fingerprint density at radius 2 is 1.73 bits per heavy atom. The van der Waals surface area contributed by atoms with Crippen molar-refractivity contribution in [3.63, 3.8) is 0 Å². The lowest BCUT2D eigenvalue weighted by atomic mass is 9.79. The maximum Gasteiger partial charge on any atom is 0.253 e. The first-order chi connectivity index (χ1) is 18.9. The van der Waals surface area contributed by atoms with Crippen molar-refractivity contribution in [3.05, 3.63) is 40.6 Å². The standard InChI is InChI=1S/C34H49N3O3/c1-22-25(30(38)36-21-33(5,6)31(39)35-7)19-28(37(22)20-23-11-9-8-10-12-23)24-17-26(32(2,3)4)29-27(18-24)34(13-14-34)15-16-40-29/h17-19,23H,8-16,20-21H2,1-7H3,(H,35,39)(H,36,38). The molecular weight excluding hydrogens is 498 g/mol. The smallest absolute Gasteiger partial charge is 0.253 e. The van der Waals surface area contributed by atoms with Crippen LogP contribution in [-0.4, -0.2) is 36.6 Å². The van der Waals surface area contributed by atoms with E-state index >= 15 is 0 Å². The van der Waals surface area contributed by atoms with E-state index in [0.717, 1.165) is 36.7 Å². The molecule has 5 rings (SSSR count). The van der Waals surface area contributed by atoms with Crippen LogP contribution in [-0.2, 0) is 22.2 Å². The molecule has 218 valence electrons. The molecule has 1 aliphatic heterocycles. The molecule has 6 nitrogen and oxygen atoms in total. The summed E-state index contributed by atoms with van der Waals surface area (Å²) < 4.78 is 8.76. The second-order valence-corrected chi connectivity index (χ2v) is 14.3. The Bertz CT molecular complexity index is 1270. The summed E-state index contributed by atoms with van der Waals surface area (Å²) in [5.74, 6) is 1.52. The number of nitrogens with one attached hydrogen (secondary N) is 2. The van der Waals surface area contributed by atoms with Gasteiger partial charge in [-0.3, -0.25) is 9.59 Å². The molecule has 2 amide bonds. The lowest BCUT2D eigenvalue weighted by Crippen LogP contribution is -2.43. The van der Waals surface area contributed by atoms with E-state index in [0.29, 0.717) is 11.5 Å². The van der Waals surface area contributed by atoms with E-state index in [2.05, 4.69) is 61.1 Å². The van der Waals surface area contributed by atoms with E-state index in [-0.39, 0.29) is 29.2 Å². The number of amides is 2. The van der Waals surface area contributed by atoms with Gasteiger partial charge in [-0.2, -0.15) is 0 Å². The van der Waals surface area contributed by atoms with E-state index in [1.54, 1.807) is 7.05 Å². The summed E-state index contributed by atoms with van der Waals surface area (Å²) in [6.07, 6.45) is 9.93. The number of fused-ring (bicyclic) bond motifs is 2. The highest BCUT2D eigenvalue weighted by Crippen LogP contribution is 2.58. The van der Waals surface area contributed by atoms with Crippen LogP contribution in [0.4, 0.5) is 0 Å². The zero-order chi connectivity index (χ0) is 28.9. The minimum Gasteiger partial charge on any atom is -0.493 e. The van der Waals surface area contributed by atoms with Gasteiger partial charge in [0.2, 0.25) is 5.91 Å². The van der Waals surface area contributed by atoms with Gasteiger partial charge in [-0.25, -0.2) is 0 Å². The normalized spacial score (nSPS) is 18.7. The highest BCUT2D eigenvalue weighted by molar-refractivity contribution is 5.97. The second kappa shape index (κ2) is 10.6. The Hall–Kier alpha value is -2.76. The molecule has 2 heterocycles. The maximum atomic E-state index is 13.6. The van der Waals surface area contributed by atoms with Crippen molar-refractivity contribution in [1.82, 2.24) is 15.2 Å². The fraction of sp³-hybridized carbons (Fsp3) is 0.647. The second-order valence-electron chi connectivity index (χ2n) is 14.3. The number of hydrogen-bond acceptors (Lipinski definition) is 3. The Morgan fingerprint density at radius 3 is 2.35 bits per heavy atom. The van der Waals surface area contributed by atoms with Gasteiger partial charge in [0.25, 0.3) is 5.91 Å². The van der Waals surface area contributed by atoms with Crippen LogP contribution in [0.3, 0.4) is 0 Å². The predicted octanol–water partition coefficient (Wildman–Crippen LogP) is 6.66. The molecule has 1 aromatic carbocycles. The average molecular weight is 548 g/mol. The fourth-order valence-electron chi connectivity index (χ4n) is 6.83. The van der Waals surface area contributed by atoms with Crippen molar-refractivity contribution in [3.8, 4) is 17.0 Å². The highest BCUT2D eigenvalue weighted by Gasteiger charge is 2.49. The number of aromatic nitrogens is 1. The molecule has 2 saturated carbocycles. The van der Waals surface area contributed by atoms with Crippen molar-refractivity contribution in [2.75, 3.05) is 20.2 Å². The molecule has 2 aromatic rings. The summed E-state index contributed by atoms with van der Waals surface area (Å²) in [5.41, 5.74) is 6.13. The number of rotatable bonds is 7. The SMILES string of the molecule is CNC(=O)C(C)(C)CNC(=O)c1cc(-c2cc(C(C)(C)C)c3c(c2)C2(CCO3)CC2)n(CC2CCCCC2)c1C. The third-order valence-electron chi connectivity index (χ3n) is 9.75. The van der Waals surface area contributed by atoms with Crippen molar-refractivity contribution in [1.29, 1.82) is 0 Å². The first kappa shape index (κ1) is 28.8. The summed E-state index contributed by atoms with van der Waals surface area (Å²) in [4.78, 5) is 25.9. The summed E-state index contributed by atoms with van der Waals surface area (Å²) in [6, 6.07) is 6.79. The van der Waals surface area contributed by atoms with E-state index in [4.69, 9.17) is 4.74 Å². The van der Waals surface area contributed by atoms with Crippen LogP contribution in [0, 0.1) is 18.3 Å². The molecule has 0 unspecified atom stereocenters. The van der Waals surface area contributed by atoms with E-state index in [9.17, 15) is 9.59 Å². The summed E-state index contributed by atoms with van der Waals surface area (Å²) in [6.45, 7) is 14.6. The largest absolute Gasteiger partial charge is 0.493 e. The third-order valence-corrected chi connectivity index (χ3v) is 9.75. The van der Waals surface area contributed by atoms with Gasteiger partial charge >= 0.3 is 0 Å². The molecule has 6 heteroatoms. The van der Waals surface area contributed by atoms with E-state index < -0.39 is 5.41 Å². The molecule has 0 atom stereocenters. The van der Waals surface area contributed by atoms with Gasteiger partial charge in [0.1, 0.15) is 5.75 Å². The highest BCUT2D eigenvalue weighted by atomic mass is 16.5. The molecular formula is C34H49N3O3. The van der Waals surface area contributed by atoms with E-state index in [1.807, 2.05) is 13.8 Å². The molecule has 3 aliphatic rings. The van der Waals surface area contributed by atoms with Crippen LogP contribution in [0.25, 0.3) is 11.3 Å². The van der Waals surface area contributed by atoms with Crippen LogP contribution in [0.2, 0.25) is 0 Å². The van der Waals surface area contributed by atoms with Gasteiger partial charge in [-0.1, -0.05) is 40.0 Å². The first-order valence-corrected chi connectivity index (χ1v) is 15.4. The maximum absolute atomic E-state index is 13.6. The summed E-state index contributed by atoms with van der Waals surface area (Å²) >= 11 is 0. The Kier molecular flexibility index (Phi) is 7.60. The molecule has 0 saturated heterocycles. The Morgan fingerprint density at radius 1 is 1.02 bits per heavy atom. The van der Waals surface area contributed by atoms with Crippen molar-refractivity contribution in [2.45, 2.75) is 110 Å². The molecule has 2 fully saturated rings. The lowest BCUT2D eigenvalue weighted by molar-refractivity contribution is -0.128. The lowest BCUT2D eigenvalue weighted by Gasteiger charge is -2.33. The van der Waals surface area contributed by atoms with Gasteiger partial charge in [0.15, 0.2) is 0 Å². The predicted molar refractivity (Wildman–Crippen MR) is 161 cm³/mol. The summed E-state index contributed by atoms with van der Waals surface area (Å²) in [5, 5.41) is 5.78. The first-order valence-electron chi connectivity index (χ1n) is 15.4. The number of nitrogens with zero attached hydrogens (tertiary/aromatic N) is 1. The number of hydrogen-bond donors (Lipinski definition) is 2. The van der Waals surface area contributed by atoms with E-state index in [1.165, 1.54) is 61.6 Å². The summed E-state index contributed by atoms with van der Waals surface area (Å²) in [7, 11) is 1.63. The van der Waals surface area contributed by atoms with Crippen LogP contribution in [0.15, 0.2) is 18.2 Å². The van der Waals surface area contributed by atoms with Gasteiger partial charge in [-0.05, 0) is 88.0 Å². The fourth-order valence-corrected chi connectivity index (χ4v) is 6.83. The van der Waals surface area contributed by atoms with Crippen LogP contribution in [0.5, 0.6) is 5.75 Å². The van der Waals surface area contributed by atoms with Gasteiger partial charge < -0.3 is 19.9 Å². The molecule has 0 radical (unpaired) electrons. The number of ether oxygens (including phenoxy) is 1. The number of carbonyl (C=O) groups is 2. The van der Waals surface area contributed by atoms with Gasteiger partial charge in [-0.15, -0.1) is 0 Å². The molecule has 1 spiro atoms. The zero-order valence-electron chi connectivity index (χ0n) is 25.8. The van der Waals surface area contributed by atoms with Crippen molar-refractivity contribution in [2.24, 2.45) is 11.3 Å². The van der Waals surface area contributed by atoms with Gasteiger partial charge in [0.05, 0.1) is 17.6 Å². The molecule has 2 aliphatic carbocycles. The van der Waals surface area contributed by atoms with Crippen LogP contribution in [0.1, 0.15) is 113 Å². The van der Waals surface area contributed by atoms with Crippen LogP contribution >= 0.6 is 0 Å². The number of carbonyl (C=O) groups excluding carboxylic acids is 2. The molecule has 2 N–H and O–H groups in total. The Balaban J connectivity index is 1.58. The topological polar surface area (TPSA) is 72.4 Å².